The summed E-state index contributed by atoms with van der Waals surface area (Å²) < 4.78 is 30.5. The van der Waals surface area contributed by atoms with Crippen molar-refractivity contribution in [1.82, 2.24) is 34.6 Å². The molecule has 1 saturated carbocycles. The first-order valence-electron chi connectivity index (χ1n) is 8.82. The van der Waals surface area contributed by atoms with Gasteiger partial charge in [0, 0.05) is 29.9 Å². The van der Waals surface area contributed by atoms with Crippen LogP contribution in [0.25, 0.3) is 28.0 Å². The largest absolute Gasteiger partial charge is 0.285 e. The van der Waals surface area contributed by atoms with Gasteiger partial charge in [-0.2, -0.15) is 15.3 Å². The fourth-order valence-corrected chi connectivity index (χ4v) is 3.62. The normalized spacial score (nSPS) is 19.4. The third-order valence-corrected chi connectivity index (χ3v) is 5.16. The maximum atomic E-state index is 13.6. The first-order chi connectivity index (χ1) is 13.1. The lowest BCUT2D eigenvalue weighted by molar-refractivity contribution is 0.0835. The quantitative estimate of drug-likeness (QED) is 0.583. The molecule has 4 aromatic rings. The van der Waals surface area contributed by atoms with Gasteiger partial charge in [0.1, 0.15) is 0 Å². The summed E-state index contributed by atoms with van der Waals surface area (Å²) in [7, 11) is 0. The van der Waals surface area contributed by atoms with Gasteiger partial charge in [0.2, 0.25) is 0 Å². The second-order valence-corrected chi connectivity index (χ2v) is 6.88. The van der Waals surface area contributed by atoms with E-state index < -0.39 is 11.8 Å². The molecule has 9 heteroatoms. The van der Waals surface area contributed by atoms with E-state index in [9.17, 15) is 8.78 Å². The number of nitrogens with one attached hydrogen (secondary N) is 1. The van der Waals surface area contributed by atoms with E-state index in [1.807, 2.05) is 19.2 Å². The van der Waals surface area contributed by atoms with Crippen molar-refractivity contribution in [3.05, 3.63) is 43.2 Å². The van der Waals surface area contributed by atoms with Crippen LogP contribution in [0, 0.1) is 5.92 Å². The highest BCUT2D eigenvalue weighted by Crippen LogP contribution is 2.55. The van der Waals surface area contributed by atoms with Crippen molar-refractivity contribution in [3.8, 4) is 22.5 Å². The zero-order valence-corrected chi connectivity index (χ0v) is 14.5. The number of rotatable bonds is 5. The number of halogens is 2. The average molecular weight is 369 g/mol. The van der Waals surface area contributed by atoms with Crippen molar-refractivity contribution < 1.29 is 8.78 Å². The molecule has 0 aromatic carbocycles. The summed E-state index contributed by atoms with van der Waals surface area (Å²) in [5, 5.41) is 15.4. The van der Waals surface area contributed by atoms with Crippen molar-refractivity contribution in [2.45, 2.75) is 31.7 Å². The predicted molar refractivity (Wildman–Crippen MR) is 94.2 cm³/mol. The van der Waals surface area contributed by atoms with E-state index in [0.29, 0.717) is 17.8 Å². The molecule has 1 fully saturated rings. The van der Waals surface area contributed by atoms with Crippen molar-refractivity contribution in [1.29, 1.82) is 0 Å². The topological polar surface area (TPSA) is 76.7 Å². The Morgan fingerprint density at radius 1 is 1.26 bits per heavy atom. The molecule has 7 nitrogen and oxygen atoms in total. The number of H-pyrrole nitrogens is 1. The number of nitrogens with zero attached hydrogens (tertiary/aromatic N) is 6. The zero-order chi connectivity index (χ0) is 18.6. The van der Waals surface area contributed by atoms with Crippen molar-refractivity contribution in [3.63, 3.8) is 0 Å². The summed E-state index contributed by atoms with van der Waals surface area (Å²) in [5.74, 6) is -3.22. The van der Waals surface area contributed by atoms with Crippen molar-refractivity contribution >= 4 is 5.52 Å². The minimum atomic E-state index is -2.58. The van der Waals surface area contributed by atoms with E-state index in [1.165, 1.54) is 0 Å². The van der Waals surface area contributed by atoms with Gasteiger partial charge in [-0.1, -0.05) is 6.92 Å². The lowest BCUT2D eigenvalue weighted by Gasteiger charge is -2.14. The molecule has 5 rings (SSSR count). The molecule has 0 amide bonds. The Balaban J connectivity index is 1.58. The first-order valence-corrected chi connectivity index (χ1v) is 8.82. The summed E-state index contributed by atoms with van der Waals surface area (Å²) in [6.07, 6.45) is 11.0. The third kappa shape index (κ3) is 2.61. The Morgan fingerprint density at radius 2 is 2.11 bits per heavy atom. The van der Waals surface area contributed by atoms with Gasteiger partial charge in [0.15, 0.2) is 0 Å². The molecule has 0 radical (unpaired) electrons. The van der Waals surface area contributed by atoms with Gasteiger partial charge < -0.3 is 0 Å². The molecule has 1 N–H and O–H groups in total. The van der Waals surface area contributed by atoms with Gasteiger partial charge in [0.25, 0.3) is 5.92 Å². The van der Waals surface area contributed by atoms with Gasteiger partial charge in [-0.05, 0) is 12.5 Å². The molecular formula is C18H17F2N7. The summed E-state index contributed by atoms with van der Waals surface area (Å²) in [6, 6.07) is 1.55. The van der Waals surface area contributed by atoms with E-state index in [2.05, 4.69) is 20.4 Å². The predicted octanol–water partition coefficient (Wildman–Crippen LogP) is 3.59. The molecule has 0 aliphatic heterocycles. The lowest BCUT2D eigenvalue weighted by Crippen LogP contribution is -2.14. The van der Waals surface area contributed by atoms with E-state index in [0.717, 1.165) is 16.6 Å². The van der Waals surface area contributed by atoms with Crippen LogP contribution in [0.5, 0.6) is 0 Å². The maximum absolute atomic E-state index is 13.6. The fourth-order valence-electron chi connectivity index (χ4n) is 3.62. The Morgan fingerprint density at radius 3 is 2.81 bits per heavy atom. The van der Waals surface area contributed by atoms with Gasteiger partial charge in [0.05, 0.1) is 53.7 Å². The van der Waals surface area contributed by atoms with Crippen molar-refractivity contribution in [2.24, 2.45) is 5.92 Å². The molecular weight excluding hydrogens is 352 g/mol. The van der Waals surface area contributed by atoms with Crippen LogP contribution in [0.4, 0.5) is 8.78 Å². The van der Waals surface area contributed by atoms with Crippen molar-refractivity contribution in [2.75, 3.05) is 0 Å². The Labute approximate surface area is 153 Å². The van der Waals surface area contributed by atoms with Crippen LogP contribution >= 0.6 is 0 Å². The van der Waals surface area contributed by atoms with Gasteiger partial charge in [-0.15, -0.1) is 0 Å². The summed E-state index contributed by atoms with van der Waals surface area (Å²) in [5.41, 5.74) is 3.85. The fraction of sp³-hybridized carbons (Fsp3) is 0.333. The highest BCUT2D eigenvalue weighted by atomic mass is 19.3. The highest BCUT2D eigenvalue weighted by Gasteiger charge is 2.60. The minimum absolute atomic E-state index is 0.0677. The summed E-state index contributed by atoms with van der Waals surface area (Å²) >= 11 is 0. The molecule has 4 heterocycles. The molecule has 0 bridgehead atoms. The summed E-state index contributed by atoms with van der Waals surface area (Å²) in [6.45, 7) is 1.91. The Bertz CT molecular complexity index is 1100. The third-order valence-electron chi connectivity index (χ3n) is 5.16. The molecule has 0 spiro atoms. The Kier molecular flexibility index (Phi) is 3.40. The number of hydrogen-bond donors (Lipinski definition) is 1. The second kappa shape index (κ2) is 5.70. The zero-order valence-electron chi connectivity index (χ0n) is 14.5. The molecule has 2 unspecified atom stereocenters. The molecule has 138 valence electrons. The molecule has 1 aliphatic carbocycles. The van der Waals surface area contributed by atoms with Crippen LogP contribution in [0.1, 0.15) is 25.8 Å². The average Bonchev–Trinajstić information content (AvgIpc) is 3.22. The number of hydrogen-bond acceptors (Lipinski definition) is 4. The molecule has 4 aromatic heterocycles. The number of aromatic amines is 1. The number of aromatic nitrogens is 7. The second-order valence-electron chi connectivity index (χ2n) is 6.88. The molecule has 2 atom stereocenters. The van der Waals surface area contributed by atoms with Gasteiger partial charge >= 0.3 is 0 Å². The first kappa shape index (κ1) is 16.1. The Hall–Kier alpha value is -3.10. The minimum Gasteiger partial charge on any atom is -0.285 e. The smallest absolute Gasteiger partial charge is 0.253 e. The van der Waals surface area contributed by atoms with Crippen LogP contribution in [0.3, 0.4) is 0 Å². The number of alkyl halides is 2. The molecule has 27 heavy (non-hydrogen) atoms. The van der Waals surface area contributed by atoms with E-state index in [1.54, 1.807) is 40.2 Å². The standard InChI is InChI=1S/C18H17F2N7/c1-2-15(13-5-18(13,19)20)26-9-12(8-24-26)17-16-3-4-23-27(16)10-14(25-17)11-6-21-22-7-11/h3-4,6-10,13,15H,2,5H2,1H3,(H,21,22). The van der Waals surface area contributed by atoms with Crippen LogP contribution in [-0.4, -0.2) is 40.5 Å². The highest BCUT2D eigenvalue weighted by molar-refractivity contribution is 5.78. The van der Waals surface area contributed by atoms with Gasteiger partial charge in [-0.25, -0.2) is 18.3 Å². The van der Waals surface area contributed by atoms with E-state index in [4.69, 9.17) is 4.98 Å². The number of fused-ring (bicyclic) bond motifs is 1. The van der Waals surface area contributed by atoms with Crippen LogP contribution in [0.2, 0.25) is 0 Å². The van der Waals surface area contributed by atoms with E-state index in [-0.39, 0.29) is 12.5 Å². The van der Waals surface area contributed by atoms with Crippen LogP contribution in [0.15, 0.2) is 43.2 Å². The molecule has 1 aliphatic rings. The maximum Gasteiger partial charge on any atom is 0.253 e. The van der Waals surface area contributed by atoms with Gasteiger partial charge in [-0.3, -0.25) is 9.78 Å². The summed E-state index contributed by atoms with van der Waals surface area (Å²) in [4.78, 5) is 4.75. The lowest BCUT2D eigenvalue weighted by atomic mass is 10.1. The van der Waals surface area contributed by atoms with Crippen LogP contribution in [-0.2, 0) is 0 Å². The van der Waals surface area contributed by atoms with E-state index >= 15 is 0 Å². The monoisotopic (exact) mass is 369 g/mol. The van der Waals surface area contributed by atoms with Crippen LogP contribution < -0.4 is 0 Å². The molecule has 0 saturated heterocycles. The SMILES string of the molecule is CCC(C1CC1(F)F)n1cc(-c2nc(-c3cn[nH]c3)cn3nccc23)cn1.